The van der Waals surface area contributed by atoms with Crippen LogP contribution in [-0.2, 0) is 0 Å². The zero-order chi connectivity index (χ0) is 13.2. The molecule has 0 bridgehead atoms. The molecule has 2 heterocycles. The van der Waals surface area contributed by atoms with Crippen LogP contribution in [0.25, 0.3) is 11.0 Å². The first kappa shape index (κ1) is 12.4. The van der Waals surface area contributed by atoms with Crippen LogP contribution in [-0.4, -0.2) is 30.3 Å². The van der Waals surface area contributed by atoms with Crippen molar-refractivity contribution >= 4 is 16.8 Å². The van der Waals surface area contributed by atoms with Crippen LogP contribution in [0.3, 0.4) is 0 Å². The van der Waals surface area contributed by atoms with Crippen LogP contribution >= 0.6 is 0 Å². The van der Waals surface area contributed by atoms with Gasteiger partial charge in [0.1, 0.15) is 5.58 Å². The van der Waals surface area contributed by atoms with E-state index in [0.29, 0.717) is 18.2 Å². The Morgan fingerprint density at radius 3 is 3.05 bits per heavy atom. The van der Waals surface area contributed by atoms with Gasteiger partial charge in [0.2, 0.25) is 5.78 Å². The number of fused-ring (bicyclic) bond motifs is 1. The standard InChI is InChI=1S/C16H19NO2/c1-12-5-4-8-17(10-12)11-14(18)16-9-13-6-2-3-7-15(13)19-16/h2-3,6-7,9,12H,4-5,8,10-11H2,1H3. The minimum absolute atomic E-state index is 0.0882. The van der Waals surface area contributed by atoms with E-state index < -0.39 is 0 Å². The largest absolute Gasteiger partial charge is 0.453 e. The number of para-hydroxylation sites is 1. The van der Waals surface area contributed by atoms with Crippen molar-refractivity contribution in [3.63, 3.8) is 0 Å². The summed E-state index contributed by atoms with van der Waals surface area (Å²) >= 11 is 0. The van der Waals surface area contributed by atoms with Crippen LogP contribution in [0.2, 0.25) is 0 Å². The Bertz CT molecular complexity index is 554. The summed E-state index contributed by atoms with van der Waals surface area (Å²) in [6.45, 7) is 4.77. The molecule has 1 aromatic carbocycles. The van der Waals surface area contributed by atoms with E-state index in [1.165, 1.54) is 12.8 Å². The number of carbonyl (C=O) groups excluding carboxylic acids is 1. The SMILES string of the molecule is CC1CCCN(CC(=O)c2cc3ccccc3o2)C1. The molecule has 1 saturated heterocycles. The van der Waals surface area contributed by atoms with Gasteiger partial charge in [-0.15, -0.1) is 0 Å². The first-order valence-electron chi connectivity index (χ1n) is 6.96. The lowest BCUT2D eigenvalue weighted by Gasteiger charge is -2.29. The Hall–Kier alpha value is -1.61. The number of rotatable bonds is 3. The number of Topliss-reactive ketones (excluding diaryl/α,β-unsaturated/α-hetero) is 1. The second-order valence-corrected chi connectivity index (χ2v) is 5.55. The summed E-state index contributed by atoms with van der Waals surface area (Å²) in [6, 6.07) is 9.60. The van der Waals surface area contributed by atoms with Crippen LogP contribution in [0, 0.1) is 5.92 Å². The Balaban J connectivity index is 1.72. The Morgan fingerprint density at radius 1 is 1.42 bits per heavy atom. The molecule has 1 unspecified atom stereocenters. The first-order chi connectivity index (χ1) is 9.22. The molecular weight excluding hydrogens is 238 g/mol. The van der Waals surface area contributed by atoms with Gasteiger partial charge in [0.15, 0.2) is 5.76 Å². The predicted molar refractivity (Wildman–Crippen MR) is 75.4 cm³/mol. The number of nitrogens with zero attached hydrogens (tertiary/aromatic N) is 1. The molecule has 0 N–H and O–H groups in total. The zero-order valence-corrected chi connectivity index (χ0v) is 11.3. The molecule has 3 nitrogen and oxygen atoms in total. The first-order valence-corrected chi connectivity index (χ1v) is 6.96. The quantitative estimate of drug-likeness (QED) is 0.791. The van der Waals surface area contributed by atoms with Crippen molar-refractivity contribution in [2.45, 2.75) is 19.8 Å². The van der Waals surface area contributed by atoms with E-state index >= 15 is 0 Å². The zero-order valence-electron chi connectivity index (χ0n) is 11.3. The van der Waals surface area contributed by atoms with Gasteiger partial charge < -0.3 is 4.42 Å². The molecule has 1 aliphatic heterocycles. The summed E-state index contributed by atoms with van der Waals surface area (Å²) in [4.78, 5) is 14.5. The average Bonchev–Trinajstić information content (AvgIpc) is 2.82. The molecule has 0 radical (unpaired) electrons. The summed E-state index contributed by atoms with van der Waals surface area (Å²) in [6.07, 6.45) is 2.46. The number of hydrogen-bond acceptors (Lipinski definition) is 3. The van der Waals surface area contributed by atoms with Gasteiger partial charge in [-0.3, -0.25) is 9.69 Å². The van der Waals surface area contributed by atoms with E-state index in [0.717, 1.165) is 24.1 Å². The van der Waals surface area contributed by atoms with E-state index in [-0.39, 0.29) is 5.78 Å². The third-order valence-electron chi connectivity index (χ3n) is 3.81. The smallest absolute Gasteiger partial charge is 0.211 e. The van der Waals surface area contributed by atoms with Crippen LogP contribution in [0.4, 0.5) is 0 Å². The maximum Gasteiger partial charge on any atom is 0.211 e. The lowest BCUT2D eigenvalue weighted by atomic mass is 10.00. The number of benzene rings is 1. The Labute approximate surface area is 113 Å². The minimum atomic E-state index is 0.0882. The van der Waals surface area contributed by atoms with Crippen molar-refractivity contribution < 1.29 is 9.21 Å². The molecule has 100 valence electrons. The fraction of sp³-hybridized carbons (Fsp3) is 0.438. The topological polar surface area (TPSA) is 33.5 Å². The van der Waals surface area contributed by atoms with Crippen molar-refractivity contribution in [1.82, 2.24) is 4.90 Å². The van der Waals surface area contributed by atoms with Crippen LogP contribution in [0.1, 0.15) is 30.3 Å². The van der Waals surface area contributed by atoms with Crippen LogP contribution < -0.4 is 0 Å². The number of hydrogen-bond donors (Lipinski definition) is 0. The number of furan rings is 1. The van der Waals surface area contributed by atoms with Gasteiger partial charge in [0.05, 0.1) is 6.54 Å². The van der Waals surface area contributed by atoms with E-state index in [4.69, 9.17) is 4.42 Å². The molecule has 1 atom stereocenters. The maximum absolute atomic E-state index is 12.3. The molecule has 3 heteroatoms. The highest BCUT2D eigenvalue weighted by Gasteiger charge is 2.20. The summed E-state index contributed by atoms with van der Waals surface area (Å²) < 4.78 is 5.62. The van der Waals surface area contributed by atoms with Gasteiger partial charge in [-0.2, -0.15) is 0 Å². The fourth-order valence-electron chi connectivity index (χ4n) is 2.83. The Morgan fingerprint density at radius 2 is 2.26 bits per heavy atom. The van der Waals surface area contributed by atoms with Crippen molar-refractivity contribution in [1.29, 1.82) is 0 Å². The Kier molecular flexibility index (Phi) is 3.38. The van der Waals surface area contributed by atoms with Crippen LogP contribution in [0.15, 0.2) is 34.7 Å². The highest BCUT2D eigenvalue weighted by molar-refractivity contribution is 5.98. The van der Waals surface area contributed by atoms with Crippen molar-refractivity contribution in [2.75, 3.05) is 19.6 Å². The van der Waals surface area contributed by atoms with Crippen molar-refractivity contribution in [3.8, 4) is 0 Å². The molecule has 2 aromatic rings. The van der Waals surface area contributed by atoms with E-state index in [1.54, 1.807) is 0 Å². The summed E-state index contributed by atoms with van der Waals surface area (Å²) in [5.41, 5.74) is 0.790. The van der Waals surface area contributed by atoms with Gasteiger partial charge in [-0.1, -0.05) is 25.1 Å². The molecule has 1 fully saturated rings. The minimum Gasteiger partial charge on any atom is -0.453 e. The molecular formula is C16H19NO2. The fourth-order valence-corrected chi connectivity index (χ4v) is 2.83. The van der Waals surface area contributed by atoms with Gasteiger partial charge in [0.25, 0.3) is 0 Å². The maximum atomic E-state index is 12.3. The molecule has 0 aliphatic carbocycles. The molecule has 0 amide bonds. The monoisotopic (exact) mass is 257 g/mol. The molecule has 0 saturated carbocycles. The van der Waals surface area contributed by atoms with Gasteiger partial charge >= 0.3 is 0 Å². The second-order valence-electron chi connectivity index (χ2n) is 5.55. The number of carbonyl (C=O) groups is 1. The second kappa shape index (κ2) is 5.17. The number of likely N-dealkylation sites (tertiary alicyclic amines) is 1. The third-order valence-corrected chi connectivity index (χ3v) is 3.81. The molecule has 3 rings (SSSR count). The number of piperidine rings is 1. The van der Waals surface area contributed by atoms with Gasteiger partial charge in [0, 0.05) is 11.9 Å². The molecule has 0 spiro atoms. The van der Waals surface area contributed by atoms with Crippen LogP contribution in [0.5, 0.6) is 0 Å². The normalized spacial score (nSPS) is 20.8. The highest BCUT2D eigenvalue weighted by atomic mass is 16.3. The average molecular weight is 257 g/mol. The highest BCUT2D eigenvalue weighted by Crippen LogP contribution is 2.20. The molecule has 1 aromatic heterocycles. The van der Waals surface area contributed by atoms with Gasteiger partial charge in [-0.25, -0.2) is 0 Å². The summed E-state index contributed by atoms with van der Waals surface area (Å²) in [5.74, 6) is 1.27. The lowest BCUT2D eigenvalue weighted by molar-refractivity contribution is 0.0868. The van der Waals surface area contributed by atoms with Crippen molar-refractivity contribution in [2.24, 2.45) is 5.92 Å². The number of ketones is 1. The molecule has 1 aliphatic rings. The summed E-state index contributed by atoms with van der Waals surface area (Å²) in [5, 5.41) is 0.998. The summed E-state index contributed by atoms with van der Waals surface area (Å²) in [7, 11) is 0. The lowest BCUT2D eigenvalue weighted by Crippen LogP contribution is -2.37. The third kappa shape index (κ3) is 2.71. The van der Waals surface area contributed by atoms with Crippen molar-refractivity contribution in [3.05, 3.63) is 36.1 Å². The predicted octanol–water partition coefficient (Wildman–Crippen LogP) is 3.35. The van der Waals surface area contributed by atoms with E-state index in [9.17, 15) is 4.79 Å². The van der Waals surface area contributed by atoms with Gasteiger partial charge in [-0.05, 0) is 37.4 Å². The molecule has 19 heavy (non-hydrogen) atoms. The van der Waals surface area contributed by atoms with E-state index in [1.807, 2.05) is 30.3 Å². The van der Waals surface area contributed by atoms with E-state index in [2.05, 4.69) is 11.8 Å².